The van der Waals surface area contributed by atoms with Crippen molar-refractivity contribution < 1.29 is 14.3 Å². The number of amides is 2. The van der Waals surface area contributed by atoms with Gasteiger partial charge < -0.3 is 9.64 Å². The highest BCUT2D eigenvalue weighted by Crippen LogP contribution is 2.38. The zero-order valence-corrected chi connectivity index (χ0v) is 30.7. The summed E-state index contributed by atoms with van der Waals surface area (Å²) < 4.78 is 5.96. The minimum atomic E-state index is -0.460. The van der Waals surface area contributed by atoms with Crippen molar-refractivity contribution >= 4 is 28.9 Å². The third kappa shape index (κ3) is 9.71. The van der Waals surface area contributed by atoms with E-state index in [1.54, 1.807) is 7.11 Å². The highest BCUT2D eigenvalue weighted by molar-refractivity contribution is 6.51. The van der Waals surface area contributed by atoms with Gasteiger partial charge in [-0.3, -0.25) is 14.5 Å². The average molecular weight is 647 g/mol. The summed E-state index contributed by atoms with van der Waals surface area (Å²) in [4.78, 5) is 40.7. The average Bonchev–Trinajstić information content (AvgIpc) is 3.08. The SMILES string of the molecule is [C-]#[N+]C1=C(C(C)CC)C(=Nc2ccc(N(CC(CC)CCCC)CC(CC)CCCC)cc2OC)C(=O)N(C2CCCC(C)C2)C1=O. The van der Waals surface area contributed by atoms with Crippen LogP contribution >= 0.6 is 0 Å². The first kappa shape index (κ1) is 38.3. The van der Waals surface area contributed by atoms with E-state index in [9.17, 15) is 9.59 Å². The number of rotatable bonds is 18. The smallest absolute Gasteiger partial charge is 0.277 e. The minimum absolute atomic E-state index is 0.0352. The molecule has 0 radical (unpaired) electrons. The number of hydrogen-bond acceptors (Lipinski definition) is 5. The molecule has 0 saturated heterocycles. The zero-order chi connectivity index (χ0) is 34.5. The Hall–Kier alpha value is -3.14. The maximum Gasteiger partial charge on any atom is 0.277 e. The number of imide groups is 1. The van der Waals surface area contributed by atoms with Crippen LogP contribution in [0.5, 0.6) is 5.75 Å². The summed E-state index contributed by atoms with van der Waals surface area (Å²) in [6.45, 7) is 25.3. The standard InChI is InChI=1S/C40H62N4O3/c1-10-15-19-30(13-4)26-43(27-31(14-5)20-16-11-2)32-22-23-34(35(25-32)47-9)42-38-36(29(7)12-3)37(41-8)39(45)44(40(38)46)33-21-17-18-28(6)24-33/h22-23,25,28-31,33H,10-21,24,26-27H2,1-7,9H3. The van der Waals surface area contributed by atoms with Crippen molar-refractivity contribution in [3.05, 3.63) is 40.9 Å². The molecule has 5 unspecified atom stereocenters. The van der Waals surface area contributed by atoms with E-state index in [0.29, 0.717) is 41.2 Å². The fourth-order valence-electron chi connectivity index (χ4n) is 7.34. The number of benzene rings is 1. The lowest BCUT2D eigenvalue weighted by Crippen LogP contribution is -2.53. The Balaban J connectivity index is 2.11. The number of aliphatic imine (C=N–C) groups is 1. The quantitative estimate of drug-likeness (QED) is 0.118. The number of anilines is 1. The molecule has 3 rings (SSSR count). The van der Waals surface area contributed by atoms with Gasteiger partial charge in [0.25, 0.3) is 17.5 Å². The summed E-state index contributed by atoms with van der Waals surface area (Å²) in [5, 5.41) is 0. The Morgan fingerprint density at radius 3 is 2.13 bits per heavy atom. The van der Waals surface area contributed by atoms with Crippen LogP contribution in [0.1, 0.15) is 132 Å². The third-order valence-corrected chi connectivity index (χ3v) is 10.6. The lowest BCUT2D eigenvalue weighted by Gasteiger charge is -2.38. The second-order valence-electron chi connectivity index (χ2n) is 14.1. The number of carbonyl (C=O) groups is 2. The lowest BCUT2D eigenvalue weighted by molar-refractivity contribution is -0.142. The Bertz CT molecular complexity index is 1280. The lowest BCUT2D eigenvalue weighted by atomic mass is 9.83. The van der Waals surface area contributed by atoms with Crippen LogP contribution in [-0.4, -0.2) is 48.7 Å². The third-order valence-electron chi connectivity index (χ3n) is 10.6. The molecule has 1 aliphatic carbocycles. The van der Waals surface area contributed by atoms with Gasteiger partial charge in [-0.15, -0.1) is 0 Å². The number of nitrogens with zero attached hydrogens (tertiary/aromatic N) is 4. The van der Waals surface area contributed by atoms with Gasteiger partial charge in [0.05, 0.1) is 13.7 Å². The predicted molar refractivity (Wildman–Crippen MR) is 195 cm³/mol. The van der Waals surface area contributed by atoms with E-state index in [0.717, 1.165) is 57.3 Å². The molecule has 1 aliphatic heterocycles. The summed E-state index contributed by atoms with van der Waals surface area (Å²) in [6, 6.07) is 5.93. The van der Waals surface area contributed by atoms with Gasteiger partial charge in [0.1, 0.15) is 17.1 Å². The fourth-order valence-corrected chi connectivity index (χ4v) is 7.34. The van der Waals surface area contributed by atoms with Gasteiger partial charge in [0.15, 0.2) is 0 Å². The van der Waals surface area contributed by atoms with E-state index in [4.69, 9.17) is 16.3 Å². The fraction of sp³-hybridized carbons (Fsp3) is 0.700. The molecule has 7 heteroatoms. The second kappa shape index (κ2) is 19.0. The molecule has 5 atom stereocenters. The van der Waals surface area contributed by atoms with Crippen LogP contribution in [0.2, 0.25) is 0 Å². The predicted octanol–water partition coefficient (Wildman–Crippen LogP) is 10.2. The van der Waals surface area contributed by atoms with Gasteiger partial charge in [0, 0.05) is 30.9 Å². The Morgan fingerprint density at radius 1 is 0.979 bits per heavy atom. The highest BCUT2D eigenvalue weighted by atomic mass is 16.5. The van der Waals surface area contributed by atoms with Crippen molar-refractivity contribution in [1.82, 2.24) is 4.90 Å². The molecule has 2 amide bonds. The van der Waals surface area contributed by atoms with Gasteiger partial charge in [-0.05, 0) is 67.1 Å². The molecule has 47 heavy (non-hydrogen) atoms. The van der Waals surface area contributed by atoms with Crippen LogP contribution in [0, 0.1) is 30.2 Å². The van der Waals surface area contributed by atoms with Crippen molar-refractivity contribution in [3.63, 3.8) is 0 Å². The normalized spacial score (nSPS) is 21.5. The van der Waals surface area contributed by atoms with Crippen molar-refractivity contribution in [2.24, 2.45) is 28.7 Å². The molecular formula is C40H62N4O3. The van der Waals surface area contributed by atoms with E-state index >= 15 is 0 Å². The Kier molecular flexibility index (Phi) is 15.5. The molecule has 0 aromatic heterocycles. The van der Waals surface area contributed by atoms with Crippen LogP contribution < -0.4 is 9.64 Å². The summed E-state index contributed by atoms with van der Waals surface area (Å²) in [6.07, 6.45) is 13.9. The van der Waals surface area contributed by atoms with Crippen molar-refractivity contribution in [2.75, 3.05) is 25.1 Å². The molecule has 1 aromatic carbocycles. The van der Waals surface area contributed by atoms with Crippen molar-refractivity contribution in [1.29, 1.82) is 0 Å². The monoisotopic (exact) mass is 646 g/mol. The van der Waals surface area contributed by atoms with E-state index in [1.165, 1.54) is 43.4 Å². The summed E-state index contributed by atoms with van der Waals surface area (Å²) in [5.41, 5.74) is 2.37. The number of ether oxygens (including phenoxy) is 1. The Morgan fingerprint density at radius 2 is 1.62 bits per heavy atom. The van der Waals surface area contributed by atoms with Gasteiger partial charge in [-0.1, -0.05) is 106 Å². The maximum atomic E-state index is 14.3. The van der Waals surface area contributed by atoms with E-state index < -0.39 is 5.91 Å². The van der Waals surface area contributed by atoms with Crippen LogP contribution in [0.25, 0.3) is 4.85 Å². The van der Waals surface area contributed by atoms with Gasteiger partial charge in [0.2, 0.25) is 0 Å². The molecule has 2 aliphatic rings. The van der Waals surface area contributed by atoms with Gasteiger partial charge in [-0.2, -0.15) is 0 Å². The molecule has 1 saturated carbocycles. The molecule has 260 valence electrons. The summed E-state index contributed by atoms with van der Waals surface area (Å²) >= 11 is 0. The Labute approximate surface area is 286 Å². The molecule has 1 fully saturated rings. The molecule has 1 heterocycles. The number of hydrogen-bond donors (Lipinski definition) is 0. The zero-order valence-electron chi connectivity index (χ0n) is 30.7. The van der Waals surface area contributed by atoms with Crippen molar-refractivity contribution in [3.8, 4) is 5.75 Å². The van der Waals surface area contributed by atoms with Crippen molar-refractivity contribution in [2.45, 2.75) is 138 Å². The largest absolute Gasteiger partial charge is 0.494 e. The molecule has 0 spiro atoms. The topological polar surface area (TPSA) is 66.6 Å². The van der Waals surface area contributed by atoms with Crippen LogP contribution in [-0.2, 0) is 9.59 Å². The van der Waals surface area contributed by atoms with Gasteiger partial charge >= 0.3 is 0 Å². The minimum Gasteiger partial charge on any atom is -0.494 e. The molecule has 7 nitrogen and oxygen atoms in total. The maximum absolute atomic E-state index is 14.3. The number of methoxy groups -OCH3 is 1. The molecule has 1 aromatic rings. The van der Waals surface area contributed by atoms with Crippen LogP contribution in [0.3, 0.4) is 0 Å². The van der Waals surface area contributed by atoms with E-state index in [2.05, 4.69) is 56.5 Å². The molecule has 0 N–H and O–H groups in total. The number of carbonyl (C=O) groups excluding carboxylic acids is 2. The summed E-state index contributed by atoms with van der Waals surface area (Å²) in [5.74, 6) is 1.24. The highest BCUT2D eigenvalue weighted by Gasteiger charge is 2.44. The first-order valence-corrected chi connectivity index (χ1v) is 18.7. The molecular weight excluding hydrogens is 584 g/mol. The van der Waals surface area contributed by atoms with E-state index in [1.807, 2.05) is 19.9 Å². The number of unbranched alkanes of at least 4 members (excludes halogenated alkanes) is 2. The van der Waals surface area contributed by atoms with E-state index in [-0.39, 0.29) is 29.3 Å². The summed E-state index contributed by atoms with van der Waals surface area (Å²) in [7, 11) is 1.65. The molecule has 0 bridgehead atoms. The first-order valence-electron chi connectivity index (χ1n) is 18.7. The van der Waals surface area contributed by atoms with Crippen LogP contribution in [0.15, 0.2) is 34.5 Å². The van der Waals surface area contributed by atoms with Crippen LogP contribution in [0.4, 0.5) is 11.4 Å². The second-order valence-corrected chi connectivity index (χ2v) is 14.1. The van der Waals surface area contributed by atoms with Gasteiger partial charge in [-0.25, -0.2) is 9.84 Å². The first-order chi connectivity index (χ1) is 22.7.